The molecule has 174 valence electrons. The number of imide groups is 1. The smallest absolute Gasteiger partial charge is 0.282 e. The summed E-state index contributed by atoms with van der Waals surface area (Å²) in [7, 11) is 2.96. The molecule has 1 N–H and O–H groups in total. The van der Waals surface area contributed by atoms with Gasteiger partial charge >= 0.3 is 0 Å². The van der Waals surface area contributed by atoms with Crippen LogP contribution in [0.2, 0.25) is 0 Å². The summed E-state index contributed by atoms with van der Waals surface area (Å²) in [4.78, 5) is 28.1. The Kier molecular flexibility index (Phi) is 6.49. The van der Waals surface area contributed by atoms with Crippen molar-refractivity contribution >= 4 is 28.8 Å². The summed E-state index contributed by atoms with van der Waals surface area (Å²) < 4.78 is 29.6. The zero-order valence-corrected chi connectivity index (χ0v) is 18.9. The molecule has 0 saturated heterocycles. The van der Waals surface area contributed by atoms with Crippen LogP contribution in [0.1, 0.15) is 12.5 Å². The Morgan fingerprint density at radius 3 is 2.00 bits per heavy atom. The highest BCUT2D eigenvalue weighted by Gasteiger charge is 2.40. The zero-order valence-electron chi connectivity index (χ0n) is 18.9. The highest BCUT2D eigenvalue weighted by molar-refractivity contribution is 6.46. The van der Waals surface area contributed by atoms with Crippen molar-refractivity contribution < 1.29 is 28.2 Å². The minimum absolute atomic E-state index is 0.0718. The van der Waals surface area contributed by atoms with Gasteiger partial charge in [-0.15, -0.1) is 0 Å². The minimum atomic E-state index is -0.562. The second-order valence-electron chi connectivity index (χ2n) is 7.36. The molecule has 0 spiro atoms. The van der Waals surface area contributed by atoms with Crippen molar-refractivity contribution in [2.24, 2.45) is 0 Å². The Morgan fingerprint density at radius 1 is 0.824 bits per heavy atom. The quantitative estimate of drug-likeness (QED) is 0.492. The van der Waals surface area contributed by atoms with Gasteiger partial charge in [0, 0.05) is 23.9 Å². The molecule has 0 saturated carbocycles. The molecule has 3 aromatic carbocycles. The molecule has 1 heterocycles. The van der Waals surface area contributed by atoms with Gasteiger partial charge in [-0.2, -0.15) is 0 Å². The second-order valence-corrected chi connectivity index (χ2v) is 7.36. The Bertz CT molecular complexity index is 1230. The first-order chi connectivity index (χ1) is 16.4. The normalized spacial score (nSPS) is 13.4. The van der Waals surface area contributed by atoms with Gasteiger partial charge in [0.1, 0.15) is 28.8 Å². The number of nitrogens with zero attached hydrogens (tertiary/aromatic N) is 1. The molecular formula is C26H23FN2O5. The molecule has 4 rings (SSSR count). The van der Waals surface area contributed by atoms with E-state index in [1.165, 1.54) is 38.5 Å². The maximum absolute atomic E-state index is 13.6. The first-order valence-electron chi connectivity index (χ1n) is 10.6. The average molecular weight is 462 g/mol. The third-order valence-corrected chi connectivity index (χ3v) is 5.25. The number of hydrogen-bond acceptors (Lipinski definition) is 6. The number of anilines is 2. The third kappa shape index (κ3) is 4.43. The van der Waals surface area contributed by atoms with E-state index in [0.29, 0.717) is 35.1 Å². The first-order valence-corrected chi connectivity index (χ1v) is 10.6. The molecule has 0 fully saturated rings. The van der Waals surface area contributed by atoms with Crippen molar-refractivity contribution in [2.45, 2.75) is 6.92 Å². The van der Waals surface area contributed by atoms with Crippen molar-refractivity contribution in [1.29, 1.82) is 0 Å². The summed E-state index contributed by atoms with van der Waals surface area (Å²) in [5, 5.41) is 3.07. The van der Waals surface area contributed by atoms with E-state index in [1.54, 1.807) is 42.5 Å². The second kappa shape index (κ2) is 9.66. The summed E-state index contributed by atoms with van der Waals surface area (Å²) >= 11 is 0. The van der Waals surface area contributed by atoms with Crippen molar-refractivity contribution in [3.05, 3.63) is 83.8 Å². The topological polar surface area (TPSA) is 77.1 Å². The summed E-state index contributed by atoms with van der Waals surface area (Å²) in [6.07, 6.45) is 0. The summed E-state index contributed by atoms with van der Waals surface area (Å²) in [5.41, 5.74) is 1.48. The van der Waals surface area contributed by atoms with Crippen LogP contribution >= 0.6 is 0 Å². The van der Waals surface area contributed by atoms with Crippen LogP contribution < -0.4 is 24.4 Å². The molecule has 0 atom stereocenters. The highest BCUT2D eigenvalue weighted by Crippen LogP contribution is 2.37. The van der Waals surface area contributed by atoms with Crippen LogP contribution in [0, 0.1) is 5.82 Å². The van der Waals surface area contributed by atoms with Gasteiger partial charge in [0.05, 0.1) is 32.1 Å². The number of rotatable bonds is 8. The molecule has 0 aromatic heterocycles. The molecular weight excluding hydrogens is 439 g/mol. The van der Waals surface area contributed by atoms with Gasteiger partial charge in [-0.05, 0) is 48.9 Å². The molecule has 0 unspecified atom stereocenters. The van der Waals surface area contributed by atoms with E-state index in [4.69, 9.17) is 14.2 Å². The summed E-state index contributed by atoms with van der Waals surface area (Å²) in [5.74, 6) is -0.0393. The molecule has 3 aromatic rings. The molecule has 7 nitrogen and oxygen atoms in total. The van der Waals surface area contributed by atoms with E-state index in [0.717, 1.165) is 4.90 Å². The number of methoxy groups -OCH3 is 2. The number of benzene rings is 3. The molecule has 1 aliphatic heterocycles. The fourth-order valence-electron chi connectivity index (χ4n) is 3.63. The number of hydrogen-bond donors (Lipinski definition) is 1. The molecule has 1 aliphatic rings. The molecule has 0 radical (unpaired) electrons. The monoisotopic (exact) mass is 462 g/mol. The largest absolute Gasteiger partial charge is 0.497 e. The average Bonchev–Trinajstić information content (AvgIpc) is 3.09. The van der Waals surface area contributed by atoms with Crippen molar-refractivity contribution in [1.82, 2.24) is 0 Å². The van der Waals surface area contributed by atoms with E-state index >= 15 is 0 Å². The van der Waals surface area contributed by atoms with E-state index in [2.05, 4.69) is 5.32 Å². The van der Waals surface area contributed by atoms with Crippen LogP contribution in [0.25, 0.3) is 5.57 Å². The molecule has 2 amide bonds. The van der Waals surface area contributed by atoms with Gasteiger partial charge in [0.2, 0.25) is 0 Å². The lowest BCUT2D eigenvalue weighted by Crippen LogP contribution is -2.32. The van der Waals surface area contributed by atoms with Gasteiger partial charge in [0.25, 0.3) is 11.8 Å². The predicted octanol–water partition coefficient (Wildman–Crippen LogP) is 4.64. The van der Waals surface area contributed by atoms with Gasteiger partial charge in [-0.25, -0.2) is 9.29 Å². The minimum Gasteiger partial charge on any atom is -0.497 e. The van der Waals surface area contributed by atoms with Gasteiger partial charge < -0.3 is 19.5 Å². The van der Waals surface area contributed by atoms with E-state index < -0.39 is 17.6 Å². The molecule has 0 aliphatic carbocycles. The van der Waals surface area contributed by atoms with Crippen molar-refractivity contribution in [3.8, 4) is 17.2 Å². The lowest BCUT2D eigenvalue weighted by atomic mass is 10.0. The summed E-state index contributed by atoms with van der Waals surface area (Å²) in [6.45, 7) is 2.41. The van der Waals surface area contributed by atoms with E-state index in [1.807, 2.05) is 6.92 Å². The SMILES string of the molecule is CCOc1ccc(NC2=C(c3ccc(F)cc3)C(=O)N(c3cc(OC)cc(OC)c3)C2=O)cc1. The van der Waals surface area contributed by atoms with Crippen LogP contribution in [0.15, 0.2) is 72.4 Å². The van der Waals surface area contributed by atoms with Gasteiger partial charge in [0.15, 0.2) is 0 Å². The molecule has 8 heteroatoms. The number of amides is 2. The van der Waals surface area contributed by atoms with Crippen LogP contribution in [0.5, 0.6) is 17.2 Å². The Morgan fingerprint density at radius 2 is 1.44 bits per heavy atom. The number of ether oxygens (including phenoxy) is 3. The predicted molar refractivity (Wildman–Crippen MR) is 127 cm³/mol. The van der Waals surface area contributed by atoms with E-state index in [9.17, 15) is 14.0 Å². The Balaban J connectivity index is 1.78. The fourth-order valence-corrected chi connectivity index (χ4v) is 3.63. The van der Waals surface area contributed by atoms with Crippen LogP contribution in [0.3, 0.4) is 0 Å². The molecule has 34 heavy (non-hydrogen) atoms. The molecule has 0 bridgehead atoms. The Labute approximate surface area is 196 Å². The fraction of sp³-hybridized carbons (Fsp3) is 0.154. The highest BCUT2D eigenvalue weighted by atomic mass is 19.1. The maximum Gasteiger partial charge on any atom is 0.282 e. The zero-order chi connectivity index (χ0) is 24.2. The standard InChI is InChI=1S/C26H23FN2O5/c1-4-34-20-11-9-18(10-12-20)28-24-23(16-5-7-17(27)8-6-16)25(30)29(26(24)31)19-13-21(32-2)15-22(14-19)33-3/h5-15,28H,4H2,1-3H3. The number of carbonyl (C=O) groups excluding carboxylic acids is 2. The van der Waals surface area contributed by atoms with Crippen molar-refractivity contribution in [3.63, 3.8) is 0 Å². The van der Waals surface area contributed by atoms with Crippen LogP contribution in [-0.4, -0.2) is 32.6 Å². The number of halogens is 1. The van der Waals surface area contributed by atoms with E-state index in [-0.39, 0.29) is 17.0 Å². The van der Waals surface area contributed by atoms with Gasteiger partial charge in [-0.3, -0.25) is 9.59 Å². The maximum atomic E-state index is 13.6. The number of nitrogens with one attached hydrogen (secondary N) is 1. The van der Waals surface area contributed by atoms with Crippen LogP contribution in [-0.2, 0) is 9.59 Å². The first kappa shape index (κ1) is 22.8. The lowest BCUT2D eigenvalue weighted by molar-refractivity contribution is -0.120. The lowest BCUT2D eigenvalue weighted by Gasteiger charge is -2.17. The number of carbonyl (C=O) groups is 2. The third-order valence-electron chi connectivity index (χ3n) is 5.25. The Hall–Kier alpha value is -4.33. The summed E-state index contributed by atoms with van der Waals surface area (Å²) in [6, 6.07) is 17.2. The van der Waals surface area contributed by atoms with Crippen molar-refractivity contribution in [2.75, 3.05) is 31.0 Å². The van der Waals surface area contributed by atoms with Gasteiger partial charge in [-0.1, -0.05) is 12.1 Å². The van der Waals surface area contributed by atoms with Crippen LogP contribution in [0.4, 0.5) is 15.8 Å².